The van der Waals surface area contributed by atoms with Crippen LogP contribution in [0, 0.1) is 23.2 Å². The maximum Gasteiger partial charge on any atom is 0.310 e. The van der Waals surface area contributed by atoms with Crippen LogP contribution < -0.4 is 5.32 Å². The highest BCUT2D eigenvalue weighted by atomic mass is 16.6. The van der Waals surface area contributed by atoms with E-state index in [1.165, 1.54) is 18.4 Å². The van der Waals surface area contributed by atoms with E-state index in [1.807, 2.05) is 0 Å². The summed E-state index contributed by atoms with van der Waals surface area (Å²) >= 11 is 0. The molecule has 2 saturated carbocycles. The number of hydrogen-bond donors (Lipinski definition) is 1. The van der Waals surface area contributed by atoms with Crippen molar-refractivity contribution in [3.63, 3.8) is 0 Å². The third-order valence-corrected chi connectivity index (χ3v) is 6.42. The van der Waals surface area contributed by atoms with Crippen LogP contribution in [0.1, 0.15) is 39.0 Å². The lowest BCUT2D eigenvalue weighted by molar-refractivity contribution is -0.146. The number of carbonyl (C=O) groups is 1. The minimum Gasteiger partial charge on any atom is -0.462 e. The third-order valence-electron chi connectivity index (χ3n) is 6.42. The Balaban J connectivity index is 1.64. The number of nitrogens with zero attached hydrogens (tertiary/aromatic N) is 1. The summed E-state index contributed by atoms with van der Waals surface area (Å²) in [5.74, 6) is 1.00. The molecule has 1 aliphatic heterocycles. The van der Waals surface area contributed by atoms with Crippen LogP contribution in [-0.4, -0.2) is 50.7 Å². The van der Waals surface area contributed by atoms with Crippen molar-refractivity contribution in [1.82, 2.24) is 10.2 Å². The van der Waals surface area contributed by atoms with Crippen molar-refractivity contribution >= 4 is 5.97 Å². The molecule has 130 valence electrons. The van der Waals surface area contributed by atoms with Gasteiger partial charge in [-0.3, -0.25) is 4.79 Å². The molecule has 0 spiro atoms. The number of fused-ring (bicyclic) bond motifs is 2. The number of esters is 1. The van der Waals surface area contributed by atoms with Crippen LogP contribution in [0.3, 0.4) is 0 Å². The van der Waals surface area contributed by atoms with Crippen LogP contribution in [0.2, 0.25) is 0 Å². The summed E-state index contributed by atoms with van der Waals surface area (Å²) in [5, 5.41) is 3.45. The van der Waals surface area contributed by atoms with E-state index >= 15 is 0 Å². The molecule has 4 heteroatoms. The molecule has 5 atom stereocenters. The van der Waals surface area contributed by atoms with Gasteiger partial charge in [-0.2, -0.15) is 0 Å². The Morgan fingerprint density at radius 1 is 1.43 bits per heavy atom. The van der Waals surface area contributed by atoms with E-state index in [-0.39, 0.29) is 18.0 Å². The lowest BCUT2D eigenvalue weighted by atomic mass is 9.55. The fourth-order valence-corrected chi connectivity index (χ4v) is 5.05. The number of hydrogen-bond acceptors (Lipinski definition) is 4. The van der Waals surface area contributed by atoms with Crippen LogP contribution >= 0.6 is 0 Å². The largest absolute Gasteiger partial charge is 0.462 e. The van der Waals surface area contributed by atoms with Gasteiger partial charge in [-0.25, -0.2) is 0 Å². The second-order valence-electron chi connectivity index (χ2n) is 8.41. The molecular weight excluding hydrogens is 288 g/mol. The number of nitrogens with one attached hydrogen (secondary N) is 1. The minimum absolute atomic E-state index is 0.0187. The van der Waals surface area contributed by atoms with E-state index in [4.69, 9.17) is 4.74 Å². The average Bonchev–Trinajstić information content (AvgIpc) is 2.76. The summed E-state index contributed by atoms with van der Waals surface area (Å²) in [6.45, 7) is 9.40. The molecule has 1 heterocycles. The van der Waals surface area contributed by atoms with E-state index in [0.29, 0.717) is 17.3 Å². The van der Waals surface area contributed by atoms with Gasteiger partial charge in [0.15, 0.2) is 0 Å². The van der Waals surface area contributed by atoms with E-state index < -0.39 is 0 Å². The second kappa shape index (κ2) is 6.56. The molecule has 2 aliphatic carbocycles. The minimum atomic E-state index is 0.0187. The first-order chi connectivity index (χ1) is 10.9. The van der Waals surface area contributed by atoms with Crippen molar-refractivity contribution < 1.29 is 9.53 Å². The summed E-state index contributed by atoms with van der Waals surface area (Å²) in [6.07, 6.45) is 5.91. The fourth-order valence-electron chi connectivity index (χ4n) is 5.05. The molecule has 0 bridgehead atoms. The van der Waals surface area contributed by atoms with Gasteiger partial charge < -0.3 is 15.0 Å². The zero-order valence-corrected chi connectivity index (χ0v) is 14.9. The van der Waals surface area contributed by atoms with Gasteiger partial charge in [0.1, 0.15) is 6.10 Å². The smallest absolute Gasteiger partial charge is 0.310 e. The van der Waals surface area contributed by atoms with Crippen molar-refractivity contribution in [3.05, 3.63) is 12.2 Å². The summed E-state index contributed by atoms with van der Waals surface area (Å²) in [6, 6.07) is 0. The number of allylic oxidation sites excluding steroid dienone is 1. The standard InChI is InChI=1S/C19H32N2O2/c1-13-6-5-7-19(2)11-17-14(10-16(13)19)15(18(22)23-17)12-20-8-9-21(3)4/h14-17,20H,1,5-12H2,2-4H3/t14-,15?,16+,17-,19-/m1/s1. The number of likely N-dealkylation sites (N-methyl/N-ethyl adjacent to an activating group) is 1. The number of ether oxygens (including phenoxy) is 1. The van der Waals surface area contributed by atoms with Crippen molar-refractivity contribution in [3.8, 4) is 0 Å². The summed E-state index contributed by atoms with van der Waals surface area (Å²) in [4.78, 5) is 14.5. The molecule has 1 N–H and O–H groups in total. The van der Waals surface area contributed by atoms with E-state index in [2.05, 4.69) is 37.8 Å². The van der Waals surface area contributed by atoms with Crippen LogP contribution in [0.4, 0.5) is 0 Å². The topological polar surface area (TPSA) is 41.6 Å². The Bertz CT molecular complexity index is 476. The molecule has 0 aromatic carbocycles. The maximum atomic E-state index is 12.4. The van der Waals surface area contributed by atoms with E-state index in [1.54, 1.807) is 0 Å². The molecule has 4 nitrogen and oxygen atoms in total. The van der Waals surface area contributed by atoms with Crippen LogP contribution in [0.25, 0.3) is 0 Å². The molecule has 0 radical (unpaired) electrons. The van der Waals surface area contributed by atoms with Gasteiger partial charge in [-0.15, -0.1) is 0 Å². The van der Waals surface area contributed by atoms with E-state index in [0.717, 1.165) is 38.9 Å². The normalized spacial score (nSPS) is 40.0. The second-order valence-corrected chi connectivity index (χ2v) is 8.41. The van der Waals surface area contributed by atoms with Gasteiger partial charge in [0.2, 0.25) is 0 Å². The van der Waals surface area contributed by atoms with Crippen molar-refractivity contribution in [2.45, 2.75) is 45.1 Å². The SMILES string of the molecule is C=C1CCC[C@]2(C)C[C@H]3OC(=O)C(CNCCN(C)C)[C@H]3C[C@@H]12. The Kier molecular flexibility index (Phi) is 4.84. The molecule has 3 rings (SSSR count). The molecule has 0 aromatic rings. The van der Waals surface area contributed by atoms with Gasteiger partial charge in [0.05, 0.1) is 5.92 Å². The van der Waals surface area contributed by atoms with Crippen molar-refractivity contribution in [2.75, 3.05) is 33.7 Å². The zero-order chi connectivity index (χ0) is 16.6. The highest BCUT2D eigenvalue weighted by Gasteiger charge is 2.54. The third kappa shape index (κ3) is 3.34. The maximum absolute atomic E-state index is 12.4. The van der Waals surface area contributed by atoms with Gasteiger partial charge in [0, 0.05) is 25.6 Å². The van der Waals surface area contributed by atoms with Crippen molar-refractivity contribution in [2.24, 2.45) is 23.2 Å². The number of carbonyl (C=O) groups excluding carboxylic acids is 1. The molecule has 1 saturated heterocycles. The molecule has 0 aromatic heterocycles. The van der Waals surface area contributed by atoms with Gasteiger partial charge in [-0.05, 0) is 57.5 Å². The van der Waals surface area contributed by atoms with Gasteiger partial charge >= 0.3 is 5.97 Å². The Morgan fingerprint density at radius 2 is 2.22 bits per heavy atom. The first-order valence-corrected chi connectivity index (χ1v) is 9.14. The first-order valence-electron chi connectivity index (χ1n) is 9.14. The van der Waals surface area contributed by atoms with Crippen LogP contribution in [0.5, 0.6) is 0 Å². The molecule has 3 fully saturated rings. The lowest BCUT2D eigenvalue weighted by Crippen LogP contribution is -2.45. The molecule has 0 amide bonds. The first kappa shape index (κ1) is 17.0. The Labute approximate surface area is 140 Å². The van der Waals surface area contributed by atoms with Gasteiger partial charge in [-0.1, -0.05) is 19.1 Å². The molecule has 3 aliphatic rings. The summed E-state index contributed by atoms with van der Waals surface area (Å²) < 4.78 is 5.79. The summed E-state index contributed by atoms with van der Waals surface area (Å²) in [5.41, 5.74) is 1.71. The zero-order valence-electron chi connectivity index (χ0n) is 14.9. The monoisotopic (exact) mass is 320 g/mol. The van der Waals surface area contributed by atoms with Crippen LogP contribution in [0.15, 0.2) is 12.2 Å². The Morgan fingerprint density at radius 3 is 2.96 bits per heavy atom. The van der Waals surface area contributed by atoms with E-state index in [9.17, 15) is 4.79 Å². The van der Waals surface area contributed by atoms with Gasteiger partial charge in [0.25, 0.3) is 0 Å². The highest BCUT2D eigenvalue weighted by Crippen LogP contribution is 2.56. The predicted molar refractivity (Wildman–Crippen MR) is 92.1 cm³/mol. The molecule has 1 unspecified atom stereocenters. The van der Waals surface area contributed by atoms with Crippen LogP contribution in [-0.2, 0) is 9.53 Å². The predicted octanol–water partition coefficient (Wildman–Crippen LogP) is 2.45. The molecular formula is C19H32N2O2. The summed E-state index contributed by atoms with van der Waals surface area (Å²) in [7, 11) is 4.14. The quantitative estimate of drug-likeness (QED) is 0.480. The number of rotatable bonds is 5. The molecule has 23 heavy (non-hydrogen) atoms. The lowest BCUT2D eigenvalue weighted by Gasteiger charge is -2.50. The average molecular weight is 320 g/mol. The highest BCUT2D eigenvalue weighted by molar-refractivity contribution is 5.75. The fraction of sp³-hybridized carbons (Fsp3) is 0.842. The van der Waals surface area contributed by atoms with Crippen molar-refractivity contribution in [1.29, 1.82) is 0 Å². The Hall–Kier alpha value is -0.870.